The van der Waals surface area contributed by atoms with Crippen LogP contribution < -0.4 is 0 Å². The lowest BCUT2D eigenvalue weighted by atomic mass is 10.0. The number of likely N-dealkylation sites (N-methyl/N-ethyl adjacent to an activating group) is 1. The van der Waals surface area contributed by atoms with E-state index in [-0.39, 0.29) is 11.6 Å². The van der Waals surface area contributed by atoms with Gasteiger partial charge in [-0.3, -0.25) is 0 Å². The van der Waals surface area contributed by atoms with E-state index in [0.29, 0.717) is 5.69 Å². The number of aliphatic imine (C=N–C) groups is 1. The summed E-state index contributed by atoms with van der Waals surface area (Å²) in [6.07, 6.45) is 1.72. The molecule has 0 aromatic heterocycles. The molecule has 0 N–H and O–H groups in total. The maximum absolute atomic E-state index is 14.0. The molecule has 6 nitrogen and oxygen atoms in total. The molecular formula is C17H21FN6. The highest BCUT2D eigenvalue weighted by atomic mass is 19.1. The topological polar surface area (TPSA) is 58.2 Å². The van der Waals surface area contributed by atoms with Gasteiger partial charge in [0.05, 0.1) is 17.3 Å². The minimum Gasteiger partial charge on any atom is -0.338 e. The molecule has 7 heteroatoms. The first-order valence-corrected chi connectivity index (χ1v) is 8.08. The summed E-state index contributed by atoms with van der Waals surface area (Å²) >= 11 is 0. The minimum absolute atomic E-state index is 0.0410. The van der Waals surface area contributed by atoms with E-state index in [9.17, 15) is 4.39 Å². The van der Waals surface area contributed by atoms with Crippen LogP contribution in [0, 0.1) is 17.1 Å². The first-order valence-electron chi connectivity index (χ1n) is 8.08. The molecule has 2 aliphatic rings. The van der Waals surface area contributed by atoms with Gasteiger partial charge in [-0.1, -0.05) is 0 Å². The SMILES string of the molecule is C/C=N\N1C(N2CCN(C)CC2)=Nc2cc(F)c(C#N)cc2C1C. The summed E-state index contributed by atoms with van der Waals surface area (Å²) in [7, 11) is 2.10. The first-order chi connectivity index (χ1) is 11.5. The summed E-state index contributed by atoms with van der Waals surface area (Å²) in [6, 6.07) is 4.72. The molecule has 0 saturated carbocycles. The Kier molecular flexibility index (Phi) is 4.49. The van der Waals surface area contributed by atoms with Crippen LogP contribution in [0.4, 0.5) is 10.1 Å². The molecule has 1 saturated heterocycles. The Labute approximate surface area is 141 Å². The number of hydrogen-bond donors (Lipinski definition) is 0. The molecule has 0 spiro atoms. The normalized spacial score (nSPS) is 21.6. The van der Waals surface area contributed by atoms with Crippen LogP contribution in [0.5, 0.6) is 0 Å². The van der Waals surface area contributed by atoms with Crippen molar-refractivity contribution in [2.75, 3.05) is 33.2 Å². The Morgan fingerprint density at radius 2 is 2.04 bits per heavy atom. The molecule has 1 unspecified atom stereocenters. The highest BCUT2D eigenvalue weighted by Crippen LogP contribution is 2.37. The van der Waals surface area contributed by atoms with Crippen molar-refractivity contribution >= 4 is 17.9 Å². The Morgan fingerprint density at radius 1 is 1.33 bits per heavy atom. The molecule has 2 heterocycles. The molecule has 1 atom stereocenters. The summed E-state index contributed by atoms with van der Waals surface area (Å²) in [5, 5.41) is 15.4. The van der Waals surface area contributed by atoms with Crippen molar-refractivity contribution in [2.45, 2.75) is 19.9 Å². The van der Waals surface area contributed by atoms with Crippen LogP contribution in [-0.2, 0) is 0 Å². The number of nitriles is 1. The van der Waals surface area contributed by atoms with Crippen molar-refractivity contribution in [3.63, 3.8) is 0 Å². The zero-order chi connectivity index (χ0) is 17.3. The number of piperazine rings is 1. The predicted molar refractivity (Wildman–Crippen MR) is 91.7 cm³/mol. The van der Waals surface area contributed by atoms with E-state index in [1.807, 2.05) is 24.9 Å². The molecular weight excluding hydrogens is 307 g/mol. The van der Waals surface area contributed by atoms with E-state index in [2.05, 4.69) is 26.9 Å². The molecule has 0 bridgehead atoms. The van der Waals surface area contributed by atoms with Gasteiger partial charge in [-0.25, -0.2) is 14.4 Å². The zero-order valence-corrected chi connectivity index (χ0v) is 14.2. The van der Waals surface area contributed by atoms with Gasteiger partial charge in [0.25, 0.3) is 0 Å². The lowest BCUT2D eigenvalue weighted by Crippen LogP contribution is -2.52. The molecule has 0 radical (unpaired) electrons. The summed E-state index contributed by atoms with van der Waals surface area (Å²) in [4.78, 5) is 9.12. The highest BCUT2D eigenvalue weighted by molar-refractivity contribution is 5.86. The van der Waals surface area contributed by atoms with Crippen molar-refractivity contribution < 1.29 is 4.39 Å². The van der Waals surface area contributed by atoms with Gasteiger partial charge in [-0.05, 0) is 27.0 Å². The number of halogens is 1. The maximum atomic E-state index is 14.0. The molecule has 3 rings (SSSR count). The van der Waals surface area contributed by atoms with E-state index < -0.39 is 5.82 Å². The van der Waals surface area contributed by atoms with Crippen molar-refractivity contribution in [3.8, 4) is 6.07 Å². The second-order valence-corrected chi connectivity index (χ2v) is 6.10. The van der Waals surface area contributed by atoms with E-state index in [0.717, 1.165) is 37.7 Å². The van der Waals surface area contributed by atoms with Crippen molar-refractivity contribution in [1.82, 2.24) is 14.8 Å². The second-order valence-electron chi connectivity index (χ2n) is 6.10. The lowest BCUT2D eigenvalue weighted by Gasteiger charge is -2.41. The van der Waals surface area contributed by atoms with Crippen LogP contribution in [0.3, 0.4) is 0 Å². The van der Waals surface area contributed by atoms with Gasteiger partial charge in [0.1, 0.15) is 11.9 Å². The molecule has 1 aromatic carbocycles. The molecule has 1 fully saturated rings. The Morgan fingerprint density at radius 3 is 2.67 bits per heavy atom. The molecule has 0 aliphatic carbocycles. The van der Waals surface area contributed by atoms with Gasteiger partial charge >= 0.3 is 0 Å². The van der Waals surface area contributed by atoms with Gasteiger partial charge in [-0.15, -0.1) is 0 Å². The Hall–Kier alpha value is -2.46. The molecule has 24 heavy (non-hydrogen) atoms. The fraction of sp³-hybridized carbons (Fsp3) is 0.471. The standard InChI is InChI=1S/C17H21FN6/c1-4-20-24-12(2)14-9-13(11-19)15(18)10-16(14)21-17(24)23-7-5-22(3)6-8-23/h4,9-10,12H,5-8H2,1-3H3/b20-4-. The highest BCUT2D eigenvalue weighted by Gasteiger charge is 2.32. The average Bonchev–Trinajstić information content (AvgIpc) is 2.58. The van der Waals surface area contributed by atoms with Gasteiger partial charge in [0, 0.05) is 44.0 Å². The van der Waals surface area contributed by atoms with Crippen molar-refractivity contribution in [1.29, 1.82) is 5.26 Å². The monoisotopic (exact) mass is 328 g/mol. The van der Waals surface area contributed by atoms with Crippen molar-refractivity contribution in [2.24, 2.45) is 10.1 Å². The predicted octanol–water partition coefficient (Wildman–Crippen LogP) is 2.31. The zero-order valence-electron chi connectivity index (χ0n) is 14.2. The van der Waals surface area contributed by atoms with Gasteiger partial charge in [0.15, 0.2) is 0 Å². The van der Waals surface area contributed by atoms with Gasteiger partial charge < -0.3 is 9.80 Å². The number of rotatable bonds is 1. The number of benzene rings is 1. The second kappa shape index (κ2) is 6.57. The minimum atomic E-state index is -0.530. The Bertz CT molecular complexity index is 727. The number of nitrogens with zero attached hydrogens (tertiary/aromatic N) is 6. The molecule has 2 aliphatic heterocycles. The third-order valence-corrected chi connectivity index (χ3v) is 4.51. The summed E-state index contributed by atoms with van der Waals surface area (Å²) in [6.45, 7) is 7.46. The fourth-order valence-corrected chi connectivity index (χ4v) is 3.06. The van der Waals surface area contributed by atoms with Crippen LogP contribution in [-0.4, -0.2) is 60.2 Å². The molecule has 126 valence electrons. The van der Waals surface area contributed by atoms with Crippen LogP contribution in [0.2, 0.25) is 0 Å². The average molecular weight is 328 g/mol. The summed E-state index contributed by atoms with van der Waals surface area (Å²) < 4.78 is 14.0. The lowest BCUT2D eigenvalue weighted by molar-refractivity contribution is 0.187. The third kappa shape index (κ3) is 2.85. The summed E-state index contributed by atoms with van der Waals surface area (Å²) in [5.41, 5.74) is 1.44. The first kappa shape index (κ1) is 16.4. The van der Waals surface area contributed by atoms with Gasteiger partial charge in [0.2, 0.25) is 5.96 Å². The van der Waals surface area contributed by atoms with Crippen LogP contribution in [0.15, 0.2) is 22.2 Å². The number of guanidine groups is 1. The number of hydrogen-bond acceptors (Lipinski definition) is 6. The van der Waals surface area contributed by atoms with E-state index >= 15 is 0 Å². The quantitative estimate of drug-likeness (QED) is 0.742. The molecule has 0 amide bonds. The fourth-order valence-electron chi connectivity index (χ4n) is 3.06. The Balaban J connectivity index is 2.05. The van der Waals surface area contributed by atoms with Gasteiger partial charge in [-0.2, -0.15) is 10.4 Å². The van der Waals surface area contributed by atoms with Crippen LogP contribution >= 0.6 is 0 Å². The van der Waals surface area contributed by atoms with Crippen LogP contribution in [0.25, 0.3) is 0 Å². The summed E-state index contributed by atoms with van der Waals surface area (Å²) in [5.74, 6) is 0.211. The maximum Gasteiger partial charge on any atom is 0.223 e. The van der Waals surface area contributed by atoms with E-state index in [4.69, 9.17) is 5.26 Å². The third-order valence-electron chi connectivity index (χ3n) is 4.51. The van der Waals surface area contributed by atoms with Crippen LogP contribution in [0.1, 0.15) is 31.0 Å². The molecule has 1 aromatic rings. The number of hydrazone groups is 1. The smallest absolute Gasteiger partial charge is 0.223 e. The largest absolute Gasteiger partial charge is 0.338 e. The van der Waals surface area contributed by atoms with E-state index in [1.165, 1.54) is 6.07 Å². The van der Waals surface area contributed by atoms with E-state index in [1.54, 1.807) is 12.3 Å². The number of fused-ring (bicyclic) bond motifs is 1. The van der Waals surface area contributed by atoms with Crippen molar-refractivity contribution in [3.05, 3.63) is 29.1 Å².